The van der Waals surface area contributed by atoms with Crippen molar-refractivity contribution >= 4 is 28.9 Å². The molecule has 22 heavy (non-hydrogen) atoms. The maximum absolute atomic E-state index is 12.2. The molecule has 1 aliphatic heterocycles. The van der Waals surface area contributed by atoms with Crippen molar-refractivity contribution in [3.05, 3.63) is 36.5 Å². The second kappa shape index (κ2) is 6.53. The summed E-state index contributed by atoms with van der Waals surface area (Å²) in [6.45, 7) is 3.12. The number of hydrogen-bond donors (Lipinski definition) is 1. The van der Waals surface area contributed by atoms with Gasteiger partial charge in [-0.3, -0.25) is 19.5 Å². The molecule has 0 saturated carbocycles. The topological polar surface area (TPSA) is 65.5 Å². The summed E-state index contributed by atoms with van der Waals surface area (Å²) in [5.41, 5.74) is 1.53. The molecule has 1 fully saturated rings. The molecule has 1 aliphatic rings. The molecule has 114 valence electrons. The minimum Gasteiger partial charge on any atom is -0.343 e. The van der Waals surface area contributed by atoms with Crippen LogP contribution in [0, 0.1) is 0 Å². The van der Waals surface area contributed by atoms with Crippen LogP contribution in [0.1, 0.15) is 0 Å². The first-order valence-electron chi connectivity index (χ1n) is 7.31. The van der Waals surface area contributed by atoms with Crippen LogP contribution >= 0.6 is 0 Å². The summed E-state index contributed by atoms with van der Waals surface area (Å²) in [5, 5.41) is 3.93. The van der Waals surface area contributed by atoms with Crippen LogP contribution in [0.4, 0.5) is 5.69 Å². The van der Waals surface area contributed by atoms with Crippen LogP contribution in [0.15, 0.2) is 36.5 Å². The van der Waals surface area contributed by atoms with Crippen molar-refractivity contribution < 1.29 is 9.59 Å². The van der Waals surface area contributed by atoms with Gasteiger partial charge in [-0.15, -0.1) is 0 Å². The molecule has 0 radical (unpaired) electrons. The van der Waals surface area contributed by atoms with Crippen molar-refractivity contribution in [3.63, 3.8) is 0 Å². The van der Waals surface area contributed by atoms with Crippen LogP contribution in [0.5, 0.6) is 0 Å². The maximum Gasteiger partial charge on any atom is 0.238 e. The molecule has 2 heterocycles. The lowest BCUT2D eigenvalue weighted by atomic mass is 10.2. The monoisotopic (exact) mass is 298 g/mol. The molecule has 1 saturated heterocycles. The predicted molar refractivity (Wildman–Crippen MR) is 84.4 cm³/mol. The van der Waals surface area contributed by atoms with Crippen molar-refractivity contribution in [1.82, 2.24) is 14.8 Å². The lowest BCUT2D eigenvalue weighted by Crippen LogP contribution is -2.48. The molecule has 6 heteroatoms. The third-order valence-corrected chi connectivity index (χ3v) is 3.83. The molecule has 1 N–H and O–H groups in total. The average molecular weight is 298 g/mol. The highest BCUT2D eigenvalue weighted by Crippen LogP contribution is 2.20. The standard InChI is InChI=1S/C16H18N4O2/c21-12-20-9-7-19(8-10-20)11-15(22)18-14-5-1-3-13-4-2-6-17-16(13)14/h1-6,12H,7-11H2,(H,18,22). The predicted octanol–water partition coefficient (Wildman–Crippen LogP) is 0.947. The van der Waals surface area contributed by atoms with Gasteiger partial charge in [-0.05, 0) is 12.1 Å². The molecule has 6 nitrogen and oxygen atoms in total. The highest BCUT2D eigenvalue weighted by molar-refractivity contribution is 6.00. The van der Waals surface area contributed by atoms with E-state index in [2.05, 4.69) is 10.3 Å². The number of fused-ring (bicyclic) bond motifs is 1. The Morgan fingerprint density at radius 2 is 1.95 bits per heavy atom. The van der Waals surface area contributed by atoms with Gasteiger partial charge in [0.2, 0.25) is 12.3 Å². The van der Waals surface area contributed by atoms with E-state index in [0.717, 1.165) is 36.1 Å². The van der Waals surface area contributed by atoms with E-state index in [-0.39, 0.29) is 5.91 Å². The first-order chi connectivity index (χ1) is 10.8. The Labute approximate surface area is 128 Å². The van der Waals surface area contributed by atoms with Gasteiger partial charge in [0.25, 0.3) is 0 Å². The number of benzene rings is 1. The number of carbonyl (C=O) groups is 2. The molecule has 0 bridgehead atoms. The number of nitrogens with zero attached hydrogens (tertiary/aromatic N) is 3. The number of rotatable bonds is 4. The lowest BCUT2D eigenvalue weighted by Gasteiger charge is -2.31. The Bertz CT molecular complexity index is 675. The average Bonchev–Trinajstić information content (AvgIpc) is 2.56. The summed E-state index contributed by atoms with van der Waals surface area (Å²) >= 11 is 0. The van der Waals surface area contributed by atoms with Crippen molar-refractivity contribution in [3.8, 4) is 0 Å². The third kappa shape index (κ3) is 3.23. The molecule has 0 unspecified atom stereocenters. The van der Waals surface area contributed by atoms with E-state index in [1.54, 1.807) is 11.1 Å². The molecule has 1 aromatic heterocycles. The number of aromatic nitrogens is 1. The Morgan fingerprint density at radius 1 is 1.18 bits per heavy atom. The first-order valence-corrected chi connectivity index (χ1v) is 7.31. The van der Waals surface area contributed by atoms with Crippen LogP contribution < -0.4 is 5.32 Å². The van der Waals surface area contributed by atoms with Gasteiger partial charge in [0, 0.05) is 37.8 Å². The number of hydrogen-bond acceptors (Lipinski definition) is 4. The summed E-state index contributed by atoms with van der Waals surface area (Å²) in [4.78, 5) is 31.0. The smallest absolute Gasteiger partial charge is 0.238 e. The molecule has 1 aromatic carbocycles. The molecule has 2 aromatic rings. The SMILES string of the molecule is O=CN1CCN(CC(=O)Nc2cccc3cccnc23)CC1. The maximum atomic E-state index is 12.2. The summed E-state index contributed by atoms with van der Waals surface area (Å²) in [7, 11) is 0. The number of pyridine rings is 1. The van der Waals surface area contributed by atoms with E-state index in [1.165, 1.54) is 0 Å². The highest BCUT2D eigenvalue weighted by Gasteiger charge is 2.18. The van der Waals surface area contributed by atoms with Crippen molar-refractivity contribution in [2.75, 3.05) is 38.0 Å². The van der Waals surface area contributed by atoms with Gasteiger partial charge < -0.3 is 10.2 Å². The van der Waals surface area contributed by atoms with Gasteiger partial charge in [-0.2, -0.15) is 0 Å². The molecule has 3 rings (SSSR count). The largest absolute Gasteiger partial charge is 0.343 e. The van der Waals surface area contributed by atoms with E-state index in [0.29, 0.717) is 19.6 Å². The molecule has 0 atom stereocenters. The fourth-order valence-corrected chi connectivity index (χ4v) is 2.62. The normalized spacial score (nSPS) is 15.7. The van der Waals surface area contributed by atoms with E-state index >= 15 is 0 Å². The highest BCUT2D eigenvalue weighted by atomic mass is 16.2. The zero-order chi connectivity index (χ0) is 15.4. The van der Waals surface area contributed by atoms with E-state index in [9.17, 15) is 9.59 Å². The summed E-state index contributed by atoms with van der Waals surface area (Å²) < 4.78 is 0. The van der Waals surface area contributed by atoms with E-state index in [4.69, 9.17) is 0 Å². The molecule has 0 aliphatic carbocycles. The summed E-state index contributed by atoms with van der Waals surface area (Å²) in [5.74, 6) is -0.0577. The van der Waals surface area contributed by atoms with Gasteiger partial charge in [0.15, 0.2) is 0 Å². The van der Waals surface area contributed by atoms with Crippen LogP contribution in [-0.2, 0) is 9.59 Å². The summed E-state index contributed by atoms with van der Waals surface area (Å²) in [6.07, 6.45) is 2.58. The number of anilines is 1. The Kier molecular flexibility index (Phi) is 4.29. The van der Waals surface area contributed by atoms with Gasteiger partial charge >= 0.3 is 0 Å². The van der Waals surface area contributed by atoms with Crippen LogP contribution in [0.3, 0.4) is 0 Å². The molecular formula is C16H18N4O2. The van der Waals surface area contributed by atoms with Gasteiger partial charge in [-0.25, -0.2) is 0 Å². The second-order valence-corrected chi connectivity index (χ2v) is 5.35. The quantitative estimate of drug-likeness (QED) is 0.854. The zero-order valence-electron chi connectivity index (χ0n) is 12.2. The van der Waals surface area contributed by atoms with Crippen LogP contribution in [0.25, 0.3) is 10.9 Å². The third-order valence-electron chi connectivity index (χ3n) is 3.83. The fourth-order valence-electron chi connectivity index (χ4n) is 2.62. The number of piperazine rings is 1. The zero-order valence-corrected chi connectivity index (χ0v) is 12.2. The van der Waals surface area contributed by atoms with E-state index in [1.807, 2.05) is 35.2 Å². The fraction of sp³-hybridized carbons (Fsp3) is 0.312. The Balaban J connectivity index is 1.63. The number of para-hydroxylation sites is 1. The molecule has 2 amide bonds. The number of nitrogens with one attached hydrogen (secondary N) is 1. The van der Waals surface area contributed by atoms with Gasteiger partial charge in [-0.1, -0.05) is 18.2 Å². The minimum absolute atomic E-state index is 0.0577. The summed E-state index contributed by atoms with van der Waals surface area (Å²) in [6, 6.07) is 9.58. The lowest BCUT2D eigenvalue weighted by molar-refractivity contribution is -0.120. The number of carbonyl (C=O) groups excluding carboxylic acids is 2. The number of amides is 2. The second-order valence-electron chi connectivity index (χ2n) is 5.35. The van der Waals surface area contributed by atoms with Crippen LogP contribution in [0.2, 0.25) is 0 Å². The molecular weight excluding hydrogens is 280 g/mol. The van der Waals surface area contributed by atoms with Gasteiger partial charge in [0.1, 0.15) is 0 Å². The van der Waals surface area contributed by atoms with Crippen molar-refractivity contribution in [2.24, 2.45) is 0 Å². The molecule has 0 spiro atoms. The van der Waals surface area contributed by atoms with Gasteiger partial charge in [0.05, 0.1) is 17.7 Å². The van der Waals surface area contributed by atoms with E-state index < -0.39 is 0 Å². The Morgan fingerprint density at radius 3 is 2.73 bits per heavy atom. The Hall–Kier alpha value is -2.47. The first kappa shape index (κ1) is 14.5. The van der Waals surface area contributed by atoms with Crippen molar-refractivity contribution in [2.45, 2.75) is 0 Å². The van der Waals surface area contributed by atoms with Crippen molar-refractivity contribution in [1.29, 1.82) is 0 Å². The minimum atomic E-state index is -0.0577. The van der Waals surface area contributed by atoms with Crippen LogP contribution in [-0.4, -0.2) is 59.8 Å².